The molecular formula is C55H35NSSi. The van der Waals surface area contributed by atoms with E-state index < -0.39 is 13.5 Å². The highest BCUT2D eigenvalue weighted by Gasteiger charge is 2.55. The minimum absolute atomic E-state index is 0.470. The third kappa shape index (κ3) is 4.02. The van der Waals surface area contributed by atoms with Crippen LogP contribution in [-0.4, -0.2) is 8.07 Å². The Morgan fingerprint density at radius 2 is 0.810 bits per heavy atom. The normalized spacial score (nSPS) is 16.7. The molecule has 0 saturated carbocycles. The third-order valence-corrected chi connectivity index (χ3v) is 19.4. The van der Waals surface area contributed by atoms with E-state index in [2.05, 4.69) is 217 Å². The molecule has 2 spiro atoms. The molecule has 0 bridgehead atoms. The molecule has 0 amide bonds. The summed E-state index contributed by atoms with van der Waals surface area (Å²) in [6.07, 6.45) is 0. The SMILES string of the molecule is c1ccc(-c2ccc3c(c2)[Si]2(c4ccccc4-3)c3ccccc3-c3ccc(N4c5ccccc5C5(c6ccccc6Sc6ccccc65)c5ccccc54)cc32)cc1. The lowest BCUT2D eigenvalue weighted by Crippen LogP contribution is -2.70. The van der Waals surface area contributed by atoms with Gasteiger partial charge in [0.05, 0.1) is 16.8 Å². The molecule has 58 heavy (non-hydrogen) atoms. The van der Waals surface area contributed by atoms with Crippen molar-refractivity contribution in [2.24, 2.45) is 0 Å². The fraction of sp³-hybridized carbons (Fsp3) is 0.0182. The number of benzene rings is 9. The van der Waals surface area contributed by atoms with Crippen LogP contribution in [0.25, 0.3) is 33.4 Å². The minimum Gasteiger partial charge on any atom is -0.310 e. The zero-order valence-corrected chi connectivity index (χ0v) is 33.4. The Morgan fingerprint density at radius 1 is 0.345 bits per heavy atom. The summed E-state index contributed by atoms with van der Waals surface area (Å²) in [6.45, 7) is 0. The van der Waals surface area contributed by atoms with Gasteiger partial charge in [-0.3, -0.25) is 0 Å². The number of rotatable bonds is 2. The lowest BCUT2D eigenvalue weighted by atomic mass is 9.62. The quantitative estimate of drug-likeness (QED) is 0.161. The highest BCUT2D eigenvalue weighted by Crippen LogP contribution is 2.62. The summed E-state index contributed by atoms with van der Waals surface area (Å²) in [7, 11) is -2.76. The van der Waals surface area contributed by atoms with E-state index in [0.29, 0.717) is 0 Å². The summed E-state index contributed by atoms with van der Waals surface area (Å²) >= 11 is 1.89. The van der Waals surface area contributed by atoms with Crippen molar-refractivity contribution in [2.45, 2.75) is 15.2 Å². The van der Waals surface area contributed by atoms with E-state index in [1.54, 1.807) is 0 Å². The van der Waals surface area contributed by atoms with Crippen LogP contribution in [0, 0.1) is 0 Å². The van der Waals surface area contributed by atoms with Crippen molar-refractivity contribution in [3.8, 4) is 33.4 Å². The number of hydrogen-bond donors (Lipinski definition) is 0. The minimum atomic E-state index is -2.76. The summed E-state index contributed by atoms with van der Waals surface area (Å²) in [4.78, 5) is 5.20. The Bertz CT molecular complexity index is 3080. The maximum Gasteiger partial charge on any atom is 0.182 e. The van der Waals surface area contributed by atoms with E-state index in [1.807, 2.05) is 11.8 Å². The second kappa shape index (κ2) is 11.9. The van der Waals surface area contributed by atoms with Gasteiger partial charge >= 0.3 is 0 Å². The first kappa shape index (κ1) is 32.4. The fourth-order valence-electron chi connectivity index (χ4n) is 11.2. The Morgan fingerprint density at radius 3 is 1.43 bits per heavy atom. The van der Waals surface area contributed by atoms with Crippen LogP contribution in [0.3, 0.4) is 0 Å². The molecule has 0 aliphatic carbocycles. The van der Waals surface area contributed by atoms with Gasteiger partial charge in [0, 0.05) is 15.5 Å². The van der Waals surface area contributed by atoms with E-state index in [9.17, 15) is 0 Å². The molecule has 0 aromatic heterocycles. The predicted octanol–water partition coefficient (Wildman–Crippen LogP) is 11.3. The third-order valence-electron chi connectivity index (χ3n) is 13.3. The molecule has 3 heteroatoms. The van der Waals surface area contributed by atoms with E-state index in [0.717, 1.165) is 0 Å². The molecule has 1 unspecified atom stereocenters. The molecule has 13 rings (SSSR count). The van der Waals surface area contributed by atoms with Crippen molar-refractivity contribution in [3.63, 3.8) is 0 Å². The molecule has 4 aliphatic heterocycles. The van der Waals surface area contributed by atoms with Gasteiger partial charge in [-0.05, 0) is 113 Å². The van der Waals surface area contributed by atoms with Gasteiger partial charge in [-0.2, -0.15) is 0 Å². The molecule has 0 radical (unpaired) electrons. The van der Waals surface area contributed by atoms with E-state index in [4.69, 9.17) is 0 Å². The summed E-state index contributed by atoms with van der Waals surface area (Å²) in [5, 5.41) is 5.95. The Labute approximate surface area is 343 Å². The monoisotopic (exact) mass is 769 g/mol. The first-order valence-electron chi connectivity index (χ1n) is 20.2. The molecule has 0 fully saturated rings. The summed E-state index contributed by atoms with van der Waals surface area (Å²) in [6, 6.07) is 80.6. The van der Waals surface area contributed by atoms with Crippen molar-refractivity contribution >= 4 is 57.6 Å². The van der Waals surface area contributed by atoms with Gasteiger partial charge in [-0.25, -0.2) is 0 Å². The van der Waals surface area contributed by atoms with E-state index in [1.165, 1.54) is 103 Å². The average Bonchev–Trinajstić information content (AvgIpc) is 3.76. The van der Waals surface area contributed by atoms with Crippen molar-refractivity contribution in [1.29, 1.82) is 0 Å². The van der Waals surface area contributed by atoms with Crippen LogP contribution in [0.2, 0.25) is 0 Å². The molecule has 270 valence electrons. The highest BCUT2D eigenvalue weighted by molar-refractivity contribution is 7.99. The van der Waals surface area contributed by atoms with Gasteiger partial charge < -0.3 is 4.90 Å². The van der Waals surface area contributed by atoms with Crippen molar-refractivity contribution in [1.82, 2.24) is 0 Å². The van der Waals surface area contributed by atoms with Crippen LogP contribution in [0.15, 0.2) is 222 Å². The van der Waals surface area contributed by atoms with Crippen molar-refractivity contribution < 1.29 is 0 Å². The second-order valence-electron chi connectivity index (χ2n) is 15.9. The van der Waals surface area contributed by atoms with Crippen LogP contribution in [0.4, 0.5) is 17.1 Å². The largest absolute Gasteiger partial charge is 0.310 e. The van der Waals surface area contributed by atoms with E-state index >= 15 is 0 Å². The van der Waals surface area contributed by atoms with E-state index in [-0.39, 0.29) is 0 Å². The molecule has 4 aliphatic rings. The van der Waals surface area contributed by atoms with Crippen LogP contribution in [0.1, 0.15) is 22.3 Å². The molecule has 1 atom stereocenters. The first-order valence-corrected chi connectivity index (χ1v) is 23.0. The standard InChI is InChI=1S/C55H35NSSi/c1-2-16-36(17-3-1)37-30-32-41-39-18-4-14-28-51(39)58(53(41)34-37)52-29-15-5-19-40(52)42-33-31-38(35-54(42)58)56-47-24-10-6-20-43(47)55(44-21-7-11-25-48(44)56)45-22-8-12-26-49(45)57-50-27-13-9-23-46(50)55/h1-35H. The van der Waals surface area contributed by atoms with Crippen LogP contribution < -0.4 is 25.6 Å². The average molecular weight is 770 g/mol. The topological polar surface area (TPSA) is 3.24 Å². The van der Waals surface area contributed by atoms with Gasteiger partial charge in [0.2, 0.25) is 0 Å². The molecule has 9 aromatic carbocycles. The Kier molecular flexibility index (Phi) is 6.68. The molecule has 4 heterocycles. The number of anilines is 3. The molecular weight excluding hydrogens is 735 g/mol. The van der Waals surface area contributed by atoms with Gasteiger partial charge in [-0.1, -0.05) is 188 Å². The van der Waals surface area contributed by atoms with Crippen LogP contribution in [-0.2, 0) is 5.41 Å². The lowest BCUT2D eigenvalue weighted by Gasteiger charge is -2.49. The van der Waals surface area contributed by atoms with Crippen molar-refractivity contribution in [2.75, 3.05) is 4.90 Å². The van der Waals surface area contributed by atoms with Gasteiger partial charge in [-0.15, -0.1) is 0 Å². The zero-order valence-electron chi connectivity index (χ0n) is 31.6. The van der Waals surface area contributed by atoms with Crippen LogP contribution >= 0.6 is 11.8 Å². The fourth-order valence-corrected chi connectivity index (χ4v) is 18.0. The summed E-state index contributed by atoms with van der Waals surface area (Å²) < 4.78 is 0. The smallest absolute Gasteiger partial charge is 0.182 e. The molecule has 0 saturated heterocycles. The lowest BCUT2D eigenvalue weighted by molar-refractivity contribution is 0.692. The number of nitrogens with zero attached hydrogens (tertiary/aromatic N) is 1. The molecule has 1 nitrogen and oxygen atoms in total. The predicted molar refractivity (Wildman–Crippen MR) is 244 cm³/mol. The summed E-state index contributed by atoms with van der Waals surface area (Å²) in [5.41, 5.74) is 16.5. The second-order valence-corrected chi connectivity index (χ2v) is 20.7. The zero-order chi connectivity index (χ0) is 38.0. The Balaban J connectivity index is 1.10. The molecule has 9 aromatic rings. The maximum absolute atomic E-state index is 2.76. The Hall–Kier alpha value is -6.65. The van der Waals surface area contributed by atoms with Gasteiger partial charge in [0.1, 0.15) is 0 Å². The number of hydrogen-bond acceptors (Lipinski definition) is 2. The van der Waals surface area contributed by atoms with Crippen LogP contribution in [0.5, 0.6) is 0 Å². The first-order chi connectivity index (χ1) is 28.8. The number of fused-ring (bicyclic) bond motifs is 18. The maximum atomic E-state index is 2.59. The highest BCUT2D eigenvalue weighted by atomic mass is 32.2. The van der Waals surface area contributed by atoms with Crippen molar-refractivity contribution in [3.05, 3.63) is 235 Å². The molecule has 0 N–H and O–H groups in total. The van der Waals surface area contributed by atoms with Gasteiger partial charge in [0.15, 0.2) is 8.07 Å². The van der Waals surface area contributed by atoms with Gasteiger partial charge in [0.25, 0.3) is 0 Å². The number of para-hydroxylation sites is 2. The summed E-state index contributed by atoms with van der Waals surface area (Å²) in [5.74, 6) is 0.